The lowest BCUT2D eigenvalue weighted by Crippen LogP contribution is -2.18. The number of hydrogen-bond acceptors (Lipinski definition) is 5. The number of anilines is 1. The van der Waals surface area contributed by atoms with Crippen LogP contribution in [0.15, 0.2) is 28.6 Å². The van der Waals surface area contributed by atoms with Crippen LogP contribution in [0.4, 0.5) is 5.82 Å². The molecule has 2 aromatic rings. The lowest BCUT2D eigenvalue weighted by atomic mass is 10.4. The van der Waals surface area contributed by atoms with Crippen molar-refractivity contribution in [1.82, 2.24) is 9.78 Å². The number of carbonyl (C=O) groups is 2. The number of amides is 1. The zero-order chi connectivity index (χ0) is 15.4. The first-order chi connectivity index (χ1) is 9.97. The van der Waals surface area contributed by atoms with Crippen molar-refractivity contribution >= 4 is 40.8 Å². The minimum Gasteiger partial charge on any atom is -0.477 e. The maximum absolute atomic E-state index is 11.9. The number of carboxylic acids is 1. The highest BCUT2D eigenvalue weighted by Crippen LogP contribution is 2.25. The molecule has 112 valence electrons. The molecule has 1 amide bonds. The van der Waals surface area contributed by atoms with Crippen LogP contribution in [0.2, 0.25) is 0 Å². The van der Waals surface area contributed by atoms with Gasteiger partial charge in [0.2, 0.25) is 5.91 Å². The van der Waals surface area contributed by atoms with E-state index in [2.05, 4.69) is 10.4 Å². The Morgan fingerprint density at radius 1 is 1.52 bits per heavy atom. The highest BCUT2D eigenvalue weighted by atomic mass is 32.2. The fraction of sp³-hybridized carbons (Fsp3) is 0.308. The van der Waals surface area contributed by atoms with Crippen LogP contribution in [0.3, 0.4) is 0 Å². The maximum atomic E-state index is 11.9. The van der Waals surface area contributed by atoms with Gasteiger partial charge in [-0.3, -0.25) is 4.79 Å². The molecule has 8 heteroatoms. The smallest absolute Gasteiger partial charge is 0.345 e. The summed E-state index contributed by atoms with van der Waals surface area (Å²) in [4.78, 5) is 23.7. The lowest BCUT2D eigenvalue weighted by Gasteiger charge is -2.11. The van der Waals surface area contributed by atoms with E-state index in [1.165, 1.54) is 11.8 Å². The van der Waals surface area contributed by atoms with Crippen LogP contribution in [-0.4, -0.2) is 32.5 Å². The lowest BCUT2D eigenvalue weighted by molar-refractivity contribution is -0.113. The number of hydrogen-bond donors (Lipinski definition) is 2. The van der Waals surface area contributed by atoms with E-state index in [4.69, 9.17) is 5.11 Å². The Bertz CT molecular complexity index is 649. The zero-order valence-electron chi connectivity index (χ0n) is 11.6. The summed E-state index contributed by atoms with van der Waals surface area (Å²) >= 11 is 2.46. The van der Waals surface area contributed by atoms with Gasteiger partial charge < -0.3 is 10.4 Å². The minimum absolute atomic E-state index is 0.148. The fourth-order valence-corrected chi connectivity index (χ4v) is 3.33. The number of thiophene rings is 1. The Hall–Kier alpha value is -1.80. The van der Waals surface area contributed by atoms with Gasteiger partial charge in [0.05, 0.1) is 11.9 Å². The van der Waals surface area contributed by atoms with Gasteiger partial charge in [0.15, 0.2) is 0 Å². The molecule has 2 rings (SSSR count). The molecule has 0 fully saturated rings. The highest BCUT2D eigenvalue weighted by molar-refractivity contribution is 8.00. The second-order valence-corrected chi connectivity index (χ2v) is 6.50. The first kappa shape index (κ1) is 15.6. The molecule has 21 heavy (non-hydrogen) atoms. The summed E-state index contributed by atoms with van der Waals surface area (Å²) in [7, 11) is 0. The second kappa shape index (κ2) is 6.77. The number of nitrogens with one attached hydrogen (secondary N) is 1. The normalized spacial score (nSPS) is 10.8. The standard InChI is InChI=1S/C13H15N3O3S2/c1-8(2)16-11(3-4-14-16)15-12(17)7-20-9-5-10(13(18)19)21-6-9/h3-6,8H,7H2,1-2H3,(H,15,17)(H,18,19). The van der Waals surface area contributed by atoms with Gasteiger partial charge in [-0.15, -0.1) is 23.1 Å². The molecule has 0 aliphatic carbocycles. The Morgan fingerprint density at radius 3 is 2.90 bits per heavy atom. The molecule has 0 spiro atoms. The number of aromatic carboxylic acids is 1. The van der Waals surface area contributed by atoms with Crippen molar-refractivity contribution in [2.75, 3.05) is 11.1 Å². The van der Waals surface area contributed by atoms with Crippen LogP contribution in [0.1, 0.15) is 29.6 Å². The van der Waals surface area contributed by atoms with E-state index in [0.29, 0.717) is 5.82 Å². The average molecular weight is 325 g/mol. The number of rotatable bonds is 6. The van der Waals surface area contributed by atoms with Gasteiger partial charge >= 0.3 is 5.97 Å². The topological polar surface area (TPSA) is 84.2 Å². The molecule has 0 aliphatic heterocycles. The van der Waals surface area contributed by atoms with Gasteiger partial charge in [-0.1, -0.05) is 0 Å². The molecule has 0 radical (unpaired) electrons. The second-order valence-electron chi connectivity index (χ2n) is 4.54. The van der Waals surface area contributed by atoms with E-state index in [9.17, 15) is 9.59 Å². The first-order valence-electron chi connectivity index (χ1n) is 6.25. The van der Waals surface area contributed by atoms with E-state index >= 15 is 0 Å². The Morgan fingerprint density at radius 2 is 2.29 bits per heavy atom. The highest BCUT2D eigenvalue weighted by Gasteiger charge is 2.11. The number of carboxylic acid groups (broad SMARTS) is 1. The Balaban J connectivity index is 1.89. The van der Waals surface area contributed by atoms with E-state index in [1.807, 2.05) is 13.8 Å². The van der Waals surface area contributed by atoms with E-state index in [1.54, 1.807) is 28.4 Å². The zero-order valence-corrected chi connectivity index (χ0v) is 13.2. The average Bonchev–Trinajstić information content (AvgIpc) is 3.04. The monoisotopic (exact) mass is 325 g/mol. The molecule has 0 saturated carbocycles. The SMILES string of the molecule is CC(C)n1nccc1NC(=O)CSc1csc(C(=O)O)c1. The molecule has 0 bridgehead atoms. The van der Waals surface area contributed by atoms with Crippen LogP contribution in [0.25, 0.3) is 0 Å². The van der Waals surface area contributed by atoms with Crippen molar-refractivity contribution in [3.63, 3.8) is 0 Å². The van der Waals surface area contributed by atoms with Gasteiger partial charge in [-0.25, -0.2) is 9.48 Å². The summed E-state index contributed by atoms with van der Waals surface area (Å²) < 4.78 is 1.73. The molecule has 0 saturated heterocycles. The molecular formula is C13H15N3O3S2. The van der Waals surface area contributed by atoms with Crippen molar-refractivity contribution < 1.29 is 14.7 Å². The van der Waals surface area contributed by atoms with Crippen LogP contribution in [0.5, 0.6) is 0 Å². The van der Waals surface area contributed by atoms with Crippen molar-refractivity contribution in [3.8, 4) is 0 Å². The maximum Gasteiger partial charge on any atom is 0.345 e. The summed E-state index contributed by atoms with van der Waals surface area (Å²) in [5, 5.41) is 17.5. The van der Waals surface area contributed by atoms with Gasteiger partial charge in [-0.05, 0) is 19.9 Å². The van der Waals surface area contributed by atoms with Crippen molar-refractivity contribution in [1.29, 1.82) is 0 Å². The molecule has 6 nitrogen and oxygen atoms in total. The number of nitrogens with zero attached hydrogens (tertiary/aromatic N) is 2. The largest absolute Gasteiger partial charge is 0.477 e. The predicted molar refractivity (Wildman–Crippen MR) is 83.2 cm³/mol. The van der Waals surface area contributed by atoms with Crippen LogP contribution < -0.4 is 5.32 Å². The van der Waals surface area contributed by atoms with Gasteiger partial charge in [-0.2, -0.15) is 5.10 Å². The summed E-state index contributed by atoms with van der Waals surface area (Å²) in [6.07, 6.45) is 1.64. The van der Waals surface area contributed by atoms with Crippen LogP contribution in [-0.2, 0) is 4.79 Å². The molecule has 2 N–H and O–H groups in total. The van der Waals surface area contributed by atoms with E-state index < -0.39 is 5.97 Å². The van der Waals surface area contributed by atoms with Crippen LogP contribution >= 0.6 is 23.1 Å². The third-order valence-corrected chi connectivity index (χ3v) is 4.63. The molecule has 0 aromatic carbocycles. The summed E-state index contributed by atoms with van der Waals surface area (Å²) in [5.74, 6) is -0.214. The molecule has 0 aliphatic rings. The summed E-state index contributed by atoms with van der Waals surface area (Å²) in [5.41, 5.74) is 0. The molecule has 0 atom stereocenters. The minimum atomic E-state index is -0.947. The predicted octanol–water partition coefficient (Wildman–Crippen LogP) is 2.95. The number of carbonyl (C=O) groups excluding carboxylic acids is 1. The number of thioether (sulfide) groups is 1. The van der Waals surface area contributed by atoms with Gasteiger partial charge in [0, 0.05) is 22.4 Å². The fourth-order valence-electron chi connectivity index (χ4n) is 1.66. The van der Waals surface area contributed by atoms with E-state index in [0.717, 1.165) is 16.2 Å². The number of aromatic nitrogens is 2. The molecule has 0 unspecified atom stereocenters. The van der Waals surface area contributed by atoms with Gasteiger partial charge in [0.1, 0.15) is 10.7 Å². The third-order valence-electron chi connectivity index (χ3n) is 2.58. The van der Waals surface area contributed by atoms with Gasteiger partial charge in [0.25, 0.3) is 0 Å². The molecule has 2 aromatic heterocycles. The quantitative estimate of drug-likeness (QED) is 0.798. The Kier molecular flexibility index (Phi) is 5.03. The molecule has 2 heterocycles. The Labute approximate surface area is 130 Å². The summed E-state index contributed by atoms with van der Waals surface area (Å²) in [6, 6.07) is 3.48. The molecular weight excluding hydrogens is 310 g/mol. The van der Waals surface area contributed by atoms with Crippen molar-refractivity contribution in [2.45, 2.75) is 24.8 Å². The van der Waals surface area contributed by atoms with Crippen molar-refractivity contribution in [3.05, 3.63) is 28.6 Å². The summed E-state index contributed by atoms with van der Waals surface area (Å²) in [6.45, 7) is 3.96. The van der Waals surface area contributed by atoms with E-state index in [-0.39, 0.29) is 22.6 Å². The first-order valence-corrected chi connectivity index (χ1v) is 8.12. The van der Waals surface area contributed by atoms with Crippen LogP contribution in [0, 0.1) is 0 Å². The third kappa shape index (κ3) is 4.08. The van der Waals surface area contributed by atoms with Crippen molar-refractivity contribution in [2.24, 2.45) is 0 Å².